The lowest BCUT2D eigenvalue weighted by Gasteiger charge is -2.14. The molecule has 1 aromatic carbocycles. The molecule has 0 aliphatic heterocycles. The Balaban J connectivity index is 0.00000196. The van der Waals surface area contributed by atoms with E-state index in [1.807, 2.05) is 6.92 Å². The summed E-state index contributed by atoms with van der Waals surface area (Å²) in [5.74, 6) is 0.883. The van der Waals surface area contributed by atoms with E-state index < -0.39 is 0 Å². The van der Waals surface area contributed by atoms with Crippen molar-refractivity contribution in [2.45, 2.75) is 19.4 Å². The summed E-state index contributed by atoms with van der Waals surface area (Å²) >= 11 is 3.25. The van der Waals surface area contributed by atoms with Gasteiger partial charge in [0.15, 0.2) is 0 Å². The monoisotopic (exact) mass is 295 g/mol. The number of phenols is 1. The van der Waals surface area contributed by atoms with Gasteiger partial charge >= 0.3 is 0 Å². The molecule has 0 heterocycles. The fourth-order valence-electron chi connectivity index (χ4n) is 1.21. The molecule has 1 aromatic rings. The zero-order valence-corrected chi connectivity index (χ0v) is 11.1. The van der Waals surface area contributed by atoms with Crippen LogP contribution < -0.4 is 10.5 Å². The van der Waals surface area contributed by atoms with Crippen LogP contribution >= 0.6 is 28.3 Å². The highest BCUT2D eigenvalue weighted by atomic mass is 79.9. The minimum atomic E-state index is -0.165. The summed E-state index contributed by atoms with van der Waals surface area (Å²) in [5, 5.41) is 9.74. The van der Waals surface area contributed by atoms with Crippen molar-refractivity contribution >= 4 is 28.3 Å². The molecule has 1 atom stereocenters. The van der Waals surface area contributed by atoms with E-state index in [0.717, 1.165) is 6.42 Å². The molecule has 0 aromatic heterocycles. The van der Waals surface area contributed by atoms with Gasteiger partial charge in [-0.2, -0.15) is 0 Å². The van der Waals surface area contributed by atoms with Crippen molar-refractivity contribution < 1.29 is 9.84 Å². The van der Waals surface area contributed by atoms with Crippen LogP contribution in [0, 0.1) is 0 Å². The first kappa shape index (κ1) is 14.5. The highest BCUT2D eigenvalue weighted by Crippen LogP contribution is 2.36. The Hall–Kier alpha value is -0.450. The smallest absolute Gasteiger partial charge is 0.134 e. The van der Waals surface area contributed by atoms with Gasteiger partial charge in [-0.05, 0) is 34.5 Å². The van der Waals surface area contributed by atoms with Crippen LogP contribution in [-0.2, 0) is 0 Å². The van der Waals surface area contributed by atoms with Crippen molar-refractivity contribution in [3.63, 3.8) is 0 Å². The average Bonchev–Trinajstić information content (AvgIpc) is 2.20. The van der Waals surface area contributed by atoms with E-state index in [1.165, 1.54) is 0 Å². The highest BCUT2D eigenvalue weighted by Gasteiger charge is 2.13. The molecular formula is C10H15BrClNO2. The van der Waals surface area contributed by atoms with E-state index in [9.17, 15) is 5.11 Å². The maximum Gasteiger partial charge on any atom is 0.134 e. The second-order valence-electron chi connectivity index (χ2n) is 3.06. The Morgan fingerprint density at radius 2 is 2.13 bits per heavy atom. The molecule has 0 saturated carbocycles. The van der Waals surface area contributed by atoms with Crippen LogP contribution in [0.15, 0.2) is 16.6 Å². The van der Waals surface area contributed by atoms with E-state index in [1.54, 1.807) is 19.2 Å². The second kappa shape index (κ2) is 6.20. The number of nitrogens with two attached hydrogens (primary N) is 1. The summed E-state index contributed by atoms with van der Waals surface area (Å²) in [7, 11) is 1.58. The quantitative estimate of drug-likeness (QED) is 0.901. The summed E-state index contributed by atoms with van der Waals surface area (Å²) in [6, 6.07) is 3.30. The molecule has 0 spiro atoms. The molecule has 0 amide bonds. The molecule has 3 nitrogen and oxygen atoms in total. The van der Waals surface area contributed by atoms with Gasteiger partial charge in [0, 0.05) is 11.6 Å². The van der Waals surface area contributed by atoms with Crippen LogP contribution in [0.1, 0.15) is 24.9 Å². The third kappa shape index (κ3) is 3.26. The van der Waals surface area contributed by atoms with Crippen molar-refractivity contribution in [3.8, 4) is 11.5 Å². The third-order valence-electron chi connectivity index (χ3n) is 2.14. The zero-order valence-electron chi connectivity index (χ0n) is 8.66. The van der Waals surface area contributed by atoms with E-state index >= 15 is 0 Å². The van der Waals surface area contributed by atoms with Crippen molar-refractivity contribution in [3.05, 3.63) is 22.2 Å². The van der Waals surface area contributed by atoms with Crippen LogP contribution in [0.25, 0.3) is 0 Å². The molecule has 0 aliphatic rings. The number of hydrogen-bond acceptors (Lipinski definition) is 3. The minimum absolute atomic E-state index is 0. The van der Waals surface area contributed by atoms with Gasteiger partial charge in [-0.1, -0.05) is 6.92 Å². The Kier molecular flexibility index (Phi) is 6.02. The lowest BCUT2D eigenvalue weighted by molar-refractivity contribution is 0.408. The Morgan fingerprint density at radius 3 is 2.60 bits per heavy atom. The predicted molar refractivity (Wildman–Crippen MR) is 66.8 cm³/mol. The van der Waals surface area contributed by atoms with Gasteiger partial charge in [0.1, 0.15) is 11.5 Å². The standard InChI is InChI=1S/C10H14BrNO2.ClH/c1-3-9(12)7-4-6(14-2)5-8(11)10(7)13;/h4-5,9,13H,3,12H2,1-2H3;1H/t9-;/m0./s1. The molecule has 0 bridgehead atoms. The van der Waals surface area contributed by atoms with Crippen molar-refractivity contribution in [1.82, 2.24) is 0 Å². The van der Waals surface area contributed by atoms with E-state index in [2.05, 4.69) is 15.9 Å². The van der Waals surface area contributed by atoms with Gasteiger partial charge in [0.05, 0.1) is 11.6 Å². The number of benzene rings is 1. The normalized spacial score (nSPS) is 11.7. The SMILES string of the molecule is CC[C@H](N)c1cc(OC)cc(Br)c1O.Cl. The first-order valence-electron chi connectivity index (χ1n) is 4.42. The van der Waals surface area contributed by atoms with Crippen molar-refractivity contribution in [2.24, 2.45) is 5.73 Å². The Morgan fingerprint density at radius 1 is 1.53 bits per heavy atom. The fraction of sp³-hybridized carbons (Fsp3) is 0.400. The minimum Gasteiger partial charge on any atom is -0.506 e. The van der Waals surface area contributed by atoms with Crippen molar-refractivity contribution in [2.75, 3.05) is 7.11 Å². The molecular weight excluding hydrogens is 281 g/mol. The molecule has 86 valence electrons. The summed E-state index contributed by atoms with van der Waals surface area (Å²) < 4.78 is 5.70. The lowest BCUT2D eigenvalue weighted by Crippen LogP contribution is -2.09. The van der Waals surface area contributed by atoms with Crippen LogP contribution in [0.4, 0.5) is 0 Å². The van der Waals surface area contributed by atoms with Crippen LogP contribution in [-0.4, -0.2) is 12.2 Å². The first-order valence-corrected chi connectivity index (χ1v) is 5.21. The van der Waals surface area contributed by atoms with Gasteiger partial charge in [-0.25, -0.2) is 0 Å². The lowest BCUT2D eigenvalue weighted by atomic mass is 10.0. The number of phenolic OH excluding ortho intramolecular Hbond substituents is 1. The van der Waals surface area contributed by atoms with Gasteiger partial charge in [-0.15, -0.1) is 12.4 Å². The molecule has 3 N–H and O–H groups in total. The topological polar surface area (TPSA) is 55.5 Å². The highest BCUT2D eigenvalue weighted by molar-refractivity contribution is 9.10. The summed E-state index contributed by atoms with van der Waals surface area (Å²) in [4.78, 5) is 0. The molecule has 0 radical (unpaired) electrons. The third-order valence-corrected chi connectivity index (χ3v) is 2.75. The Bertz CT molecular complexity index is 333. The fourth-order valence-corrected chi connectivity index (χ4v) is 1.67. The number of methoxy groups -OCH3 is 1. The molecule has 0 saturated heterocycles. The van der Waals surface area contributed by atoms with Crippen LogP contribution in [0.2, 0.25) is 0 Å². The van der Waals surface area contributed by atoms with Crippen LogP contribution in [0.3, 0.4) is 0 Å². The van der Waals surface area contributed by atoms with Gasteiger partial charge in [0.2, 0.25) is 0 Å². The zero-order chi connectivity index (χ0) is 10.7. The molecule has 0 aliphatic carbocycles. The number of rotatable bonds is 3. The molecule has 0 unspecified atom stereocenters. The van der Waals surface area contributed by atoms with Crippen molar-refractivity contribution in [1.29, 1.82) is 0 Å². The van der Waals surface area contributed by atoms with E-state index in [0.29, 0.717) is 15.8 Å². The summed E-state index contributed by atoms with van der Waals surface area (Å²) in [6.45, 7) is 1.97. The number of hydrogen-bond donors (Lipinski definition) is 2. The predicted octanol–water partition coefficient (Wildman–Crippen LogP) is 2.99. The van der Waals surface area contributed by atoms with Gasteiger partial charge in [0.25, 0.3) is 0 Å². The summed E-state index contributed by atoms with van der Waals surface area (Å²) in [5.41, 5.74) is 6.56. The van der Waals surface area contributed by atoms with Crippen LogP contribution in [0.5, 0.6) is 11.5 Å². The van der Waals surface area contributed by atoms with E-state index in [-0.39, 0.29) is 24.2 Å². The molecule has 5 heteroatoms. The van der Waals surface area contributed by atoms with Gasteiger partial charge in [-0.3, -0.25) is 0 Å². The molecule has 1 rings (SSSR count). The van der Waals surface area contributed by atoms with E-state index in [4.69, 9.17) is 10.5 Å². The largest absolute Gasteiger partial charge is 0.506 e. The molecule has 15 heavy (non-hydrogen) atoms. The maximum atomic E-state index is 9.74. The number of halogens is 2. The first-order chi connectivity index (χ1) is 6.60. The second-order valence-corrected chi connectivity index (χ2v) is 3.92. The maximum absolute atomic E-state index is 9.74. The summed E-state index contributed by atoms with van der Waals surface area (Å²) in [6.07, 6.45) is 0.771. The molecule has 0 fully saturated rings. The van der Waals surface area contributed by atoms with Gasteiger partial charge < -0.3 is 15.6 Å². The number of aromatic hydroxyl groups is 1. The average molecular weight is 297 g/mol. The number of ether oxygens (including phenoxy) is 1. The Labute approximate surface area is 104 Å².